The first-order valence-corrected chi connectivity index (χ1v) is 6.45. The number of carbonyl (C=O) groups excluding carboxylic acids is 3. The fraction of sp³-hybridized carbons (Fsp3) is 0.400. The first-order chi connectivity index (χ1) is 9.74. The summed E-state index contributed by atoms with van der Waals surface area (Å²) in [6.45, 7) is 5.32. The van der Waals surface area contributed by atoms with Crippen molar-refractivity contribution in [3.05, 3.63) is 35.4 Å². The molecule has 2 N–H and O–H groups in total. The SMILES string of the molecule is CC(C)(C)OC(=O)c1ccccc1CC(N)C(=O)OC=O. The summed E-state index contributed by atoms with van der Waals surface area (Å²) < 4.78 is 9.50. The molecule has 114 valence electrons. The van der Waals surface area contributed by atoms with Crippen LogP contribution in [0.2, 0.25) is 0 Å². The van der Waals surface area contributed by atoms with Gasteiger partial charge < -0.3 is 15.2 Å². The average molecular weight is 293 g/mol. The number of carbonyl (C=O) groups is 3. The van der Waals surface area contributed by atoms with E-state index in [1.165, 1.54) is 0 Å². The molecule has 6 nitrogen and oxygen atoms in total. The summed E-state index contributed by atoms with van der Waals surface area (Å²) in [7, 11) is 0. The minimum absolute atomic E-state index is 0.0297. The Labute approximate surface area is 123 Å². The lowest BCUT2D eigenvalue weighted by Crippen LogP contribution is -2.35. The lowest BCUT2D eigenvalue weighted by Gasteiger charge is -2.21. The fourth-order valence-electron chi connectivity index (χ4n) is 1.69. The van der Waals surface area contributed by atoms with Crippen LogP contribution in [0.5, 0.6) is 0 Å². The summed E-state index contributed by atoms with van der Waals surface area (Å²) in [5.74, 6) is -1.34. The van der Waals surface area contributed by atoms with Gasteiger partial charge in [-0.2, -0.15) is 0 Å². The number of hydrogen-bond acceptors (Lipinski definition) is 6. The Kier molecular flexibility index (Phi) is 5.60. The second kappa shape index (κ2) is 6.99. The predicted octanol–water partition coefficient (Wildman–Crippen LogP) is 1.21. The molecule has 0 aromatic heterocycles. The zero-order chi connectivity index (χ0) is 16.0. The molecular formula is C15H19NO5. The van der Waals surface area contributed by atoms with Crippen LogP contribution < -0.4 is 5.73 Å². The molecule has 1 rings (SSSR count). The van der Waals surface area contributed by atoms with Crippen LogP contribution in [-0.2, 0) is 25.5 Å². The largest absolute Gasteiger partial charge is 0.456 e. The normalized spacial score (nSPS) is 12.4. The summed E-state index contributed by atoms with van der Waals surface area (Å²) in [6.07, 6.45) is 0.0715. The Balaban J connectivity index is 2.92. The van der Waals surface area contributed by atoms with Crippen LogP contribution >= 0.6 is 0 Å². The van der Waals surface area contributed by atoms with Crippen LogP contribution in [0.3, 0.4) is 0 Å². The Morgan fingerprint density at radius 2 is 1.90 bits per heavy atom. The Morgan fingerprint density at radius 1 is 1.29 bits per heavy atom. The number of hydrogen-bond donors (Lipinski definition) is 1. The molecular weight excluding hydrogens is 274 g/mol. The molecule has 1 unspecified atom stereocenters. The predicted molar refractivity (Wildman–Crippen MR) is 75.4 cm³/mol. The molecule has 0 bridgehead atoms. The summed E-state index contributed by atoms with van der Waals surface area (Å²) in [5, 5.41) is 0. The number of rotatable bonds is 5. The lowest BCUT2D eigenvalue weighted by molar-refractivity contribution is -0.152. The van der Waals surface area contributed by atoms with Crippen molar-refractivity contribution in [1.82, 2.24) is 0 Å². The standard InChI is InChI=1S/C15H19NO5/c1-15(2,3)21-13(18)11-7-5-4-6-10(11)8-12(16)14(19)20-9-17/h4-7,9,12H,8,16H2,1-3H3. The average Bonchev–Trinajstić information content (AvgIpc) is 2.37. The smallest absolute Gasteiger partial charge is 0.338 e. The van der Waals surface area contributed by atoms with Crippen molar-refractivity contribution in [2.75, 3.05) is 0 Å². The van der Waals surface area contributed by atoms with E-state index >= 15 is 0 Å². The quantitative estimate of drug-likeness (QED) is 0.498. The second-order valence-electron chi connectivity index (χ2n) is 5.50. The summed E-state index contributed by atoms with van der Waals surface area (Å²) in [6, 6.07) is 5.66. The number of esters is 2. The van der Waals surface area contributed by atoms with Gasteiger partial charge in [-0.1, -0.05) is 18.2 Å². The van der Waals surface area contributed by atoms with Gasteiger partial charge in [-0.25, -0.2) is 9.59 Å². The van der Waals surface area contributed by atoms with Crippen LogP contribution in [0, 0.1) is 0 Å². The molecule has 0 aliphatic carbocycles. The molecule has 0 aliphatic rings. The van der Waals surface area contributed by atoms with Crippen molar-refractivity contribution in [2.45, 2.75) is 38.8 Å². The van der Waals surface area contributed by atoms with Crippen molar-refractivity contribution >= 4 is 18.4 Å². The first kappa shape index (κ1) is 16.8. The Hall–Kier alpha value is -2.21. The monoisotopic (exact) mass is 293 g/mol. The number of nitrogens with two attached hydrogens (primary N) is 1. The van der Waals surface area contributed by atoms with E-state index in [9.17, 15) is 14.4 Å². The maximum absolute atomic E-state index is 12.1. The van der Waals surface area contributed by atoms with E-state index in [0.717, 1.165) is 0 Å². The molecule has 0 spiro atoms. The number of benzene rings is 1. The van der Waals surface area contributed by atoms with Crippen LogP contribution in [-0.4, -0.2) is 30.1 Å². The maximum Gasteiger partial charge on any atom is 0.338 e. The van der Waals surface area contributed by atoms with Gasteiger partial charge in [-0.15, -0.1) is 0 Å². The highest BCUT2D eigenvalue weighted by Crippen LogP contribution is 2.17. The topological polar surface area (TPSA) is 95.7 Å². The molecule has 0 saturated heterocycles. The van der Waals surface area contributed by atoms with Crippen molar-refractivity contribution in [2.24, 2.45) is 5.73 Å². The highest BCUT2D eigenvalue weighted by atomic mass is 16.6. The van der Waals surface area contributed by atoms with Crippen LogP contribution in [0.4, 0.5) is 0 Å². The third-order valence-corrected chi connectivity index (χ3v) is 2.54. The molecule has 0 saturated carbocycles. The van der Waals surface area contributed by atoms with E-state index in [2.05, 4.69) is 4.74 Å². The van der Waals surface area contributed by atoms with Gasteiger partial charge >= 0.3 is 18.4 Å². The van der Waals surface area contributed by atoms with Gasteiger partial charge in [0, 0.05) is 0 Å². The van der Waals surface area contributed by atoms with Crippen molar-refractivity contribution < 1.29 is 23.9 Å². The van der Waals surface area contributed by atoms with Crippen LogP contribution in [0.1, 0.15) is 36.7 Å². The molecule has 0 fully saturated rings. The van der Waals surface area contributed by atoms with Gasteiger partial charge in [0.15, 0.2) is 0 Å². The van der Waals surface area contributed by atoms with Crippen molar-refractivity contribution in [3.63, 3.8) is 0 Å². The summed E-state index contributed by atoms with van der Waals surface area (Å²) in [5.41, 5.74) is 5.92. The molecule has 1 aromatic rings. The van der Waals surface area contributed by atoms with Gasteiger partial charge in [-0.3, -0.25) is 4.79 Å². The summed E-state index contributed by atoms with van der Waals surface area (Å²) >= 11 is 0. The van der Waals surface area contributed by atoms with Gasteiger partial charge in [0.2, 0.25) is 0 Å². The Morgan fingerprint density at radius 3 is 2.48 bits per heavy atom. The summed E-state index contributed by atoms with van der Waals surface area (Å²) in [4.78, 5) is 33.6. The number of ether oxygens (including phenoxy) is 2. The minimum Gasteiger partial charge on any atom is -0.456 e. The second-order valence-corrected chi connectivity index (χ2v) is 5.50. The van der Waals surface area contributed by atoms with E-state index in [4.69, 9.17) is 10.5 Å². The van der Waals surface area contributed by atoms with Gasteiger partial charge in [0.1, 0.15) is 11.6 Å². The van der Waals surface area contributed by atoms with Crippen LogP contribution in [0.25, 0.3) is 0 Å². The molecule has 0 aliphatic heterocycles. The lowest BCUT2D eigenvalue weighted by atomic mass is 10.0. The van der Waals surface area contributed by atoms with Gasteiger partial charge in [0.05, 0.1) is 5.56 Å². The molecule has 1 atom stereocenters. The van der Waals surface area contributed by atoms with E-state index in [1.54, 1.807) is 45.0 Å². The zero-order valence-corrected chi connectivity index (χ0v) is 12.3. The maximum atomic E-state index is 12.1. The zero-order valence-electron chi connectivity index (χ0n) is 12.3. The first-order valence-electron chi connectivity index (χ1n) is 6.45. The van der Waals surface area contributed by atoms with Gasteiger partial charge in [-0.05, 0) is 38.8 Å². The molecule has 0 amide bonds. The molecule has 0 radical (unpaired) electrons. The van der Waals surface area contributed by atoms with Gasteiger partial charge in [0.25, 0.3) is 0 Å². The van der Waals surface area contributed by atoms with E-state index in [1.807, 2.05) is 0 Å². The molecule has 6 heteroatoms. The van der Waals surface area contributed by atoms with E-state index in [-0.39, 0.29) is 12.9 Å². The highest BCUT2D eigenvalue weighted by Gasteiger charge is 2.23. The third-order valence-electron chi connectivity index (χ3n) is 2.54. The van der Waals surface area contributed by atoms with Crippen molar-refractivity contribution in [3.8, 4) is 0 Å². The van der Waals surface area contributed by atoms with E-state index in [0.29, 0.717) is 11.1 Å². The fourth-order valence-corrected chi connectivity index (χ4v) is 1.69. The third kappa shape index (κ3) is 5.35. The molecule has 21 heavy (non-hydrogen) atoms. The molecule has 0 heterocycles. The van der Waals surface area contributed by atoms with Crippen LogP contribution in [0.15, 0.2) is 24.3 Å². The highest BCUT2D eigenvalue weighted by molar-refractivity contribution is 5.91. The Bertz CT molecular complexity index is 533. The van der Waals surface area contributed by atoms with Crippen molar-refractivity contribution in [1.29, 1.82) is 0 Å². The molecule has 1 aromatic carbocycles. The minimum atomic E-state index is -1.03. The van der Waals surface area contributed by atoms with E-state index < -0.39 is 23.6 Å².